The molecule has 1 heterocycles. The molecule has 0 radical (unpaired) electrons. The second-order valence-corrected chi connectivity index (χ2v) is 4.75. The predicted octanol–water partition coefficient (Wildman–Crippen LogP) is 2.15. The molecule has 2 heteroatoms. The van der Waals surface area contributed by atoms with Crippen molar-refractivity contribution in [2.24, 2.45) is 5.73 Å². The van der Waals surface area contributed by atoms with E-state index in [2.05, 4.69) is 31.0 Å². The zero-order valence-corrected chi connectivity index (χ0v) is 9.01. The lowest BCUT2D eigenvalue weighted by atomic mass is 9.76. The summed E-state index contributed by atoms with van der Waals surface area (Å²) in [6, 6.07) is 4.26. The van der Waals surface area contributed by atoms with E-state index in [-0.39, 0.29) is 5.41 Å². The van der Waals surface area contributed by atoms with Gasteiger partial charge in [-0.05, 0) is 30.9 Å². The van der Waals surface area contributed by atoms with Crippen LogP contribution >= 0.6 is 0 Å². The fraction of sp³-hybridized carbons (Fsp3) is 0.583. The van der Waals surface area contributed by atoms with Crippen LogP contribution in [0, 0.1) is 0 Å². The Labute approximate surface area is 85.5 Å². The van der Waals surface area contributed by atoms with Crippen molar-refractivity contribution in [3.8, 4) is 0 Å². The molecule has 0 aromatic carbocycles. The minimum absolute atomic E-state index is 0.235. The monoisotopic (exact) mass is 190 g/mol. The summed E-state index contributed by atoms with van der Waals surface area (Å²) >= 11 is 0. The SMILES string of the molecule is CC1(C)CCCc2ccc(CN)nc21. The highest BCUT2D eigenvalue weighted by molar-refractivity contribution is 5.31. The van der Waals surface area contributed by atoms with Crippen LogP contribution in [0.15, 0.2) is 12.1 Å². The van der Waals surface area contributed by atoms with Crippen molar-refractivity contribution >= 4 is 0 Å². The van der Waals surface area contributed by atoms with Crippen molar-refractivity contribution < 1.29 is 0 Å². The minimum atomic E-state index is 0.235. The van der Waals surface area contributed by atoms with E-state index in [0.29, 0.717) is 6.54 Å². The summed E-state index contributed by atoms with van der Waals surface area (Å²) in [4.78, 5) is 4.66. The van der Waals surface area contributed by atoms with E-state index in [1.807, 2.05) is 0 Å². The highest BCUT2D eigenvalue weighted by atomic mass is 14.8. The average molecular weight is 190 g/mol. The summed E-state index contributed by atoms with van der Waals surface area (Å²) in [6.07, 6.45) is 3.70. The Kier molecular flexibility index (Phi) is 2.31. The molecule has 0 unspecified atom stereocenters. The van der Waals surface area contributed by atoms with E-state index in [1.165, 1.54) is 30.5 Å². The minimum Gasteiger partial charge on any atom is -0.325 e. The zero-order valence-electron chi connectivity index (χ0n) is 9.01. The molecule has 0 aliphatic heterocycles. The fourth-order valence-corrected chi connectivity index (χ4v) is 2.27. The third-order valence-electron chi connectivity index (χ3n) is 3.13. The number of hydrogen-bond donors (Lipinski definition) is 1. The highest BCUT2D eigenvalue weighted by Crippen LogP contribution is 2.35. The van der Waals surface area contributed by atoms with Gasteiger partial charge in [0.2, 0.25) is 0 Å². The second-order valence-electron chi connectivity index (χ2n) is 4.75. The molecule has 2 rings (SSSR count). The van der Waals surface area contributed by atoms with Crippen LogP contribution in [0.4, 0.5) is 0 Å². The molecule has 2 N–H and O–H groups in total. The number of pyridine rings is 1. The molecule has 76 valence electrons. The maximum Gasteiger partial charge on any atom is 0.0543 e. The normalized spacial score (nSPS) is 19.1. The van der Waals surface area contributed by atoms with E-state index >= 15 is 0 Å². The highest BCUT2D eigenvalue weighted by Gasteiger charge is 2.28. The lowest BCUT2D eigenvalue weighted by Gasteiger charge is -2.31. The summed E-state index contributed by atoms with van der Waals surface area (Å²) in [5, 5.41) is 0. The van der Waals surface area contributed by atoms with E-state index in [0.717, 1.165) is 5.69 Å². The maximum absolute atomic E-state index is 5.61. The smallest absolute Gasteiger partial charge is 0.0543 e. The number of aryl methyl sites for hydroxylation is 1. The van der Waals surface area contributed by atoms with Gasteiger partial charge in [0.25, 0.3) is 0 Å². The molecule has 1 aromatic heterocycles. The summed E-state index contributed by atoms with van der Waals surface area (Å²) in [7, 11) is 0. The van der Waals surface area contributed by atoms with Gasteiger partial charge in [-0.15, -0.1) is 0 Å². The second kappa shape index (κ2) is 3.35. The first-order chi connectivity index (χ1) is 6.63. The largest absolute Gasteiger partial charge is 0.325 e. The molecule has 0 atom stereocenters. The van der Waals surface area contributed by atoms with Crippen molar-refractivity contribution in [1.82, 2.24) is 4.98 Å². The quantitative estimate of drug-likeness (QED) is 0.737. The van der Waals surface area contributed by atoms with Gasteiger partial charge >= 0.3 is 0 Å². The molecule has 0 bridgehead atoms. The van der Waals surface area contributed by atoms with Crippen molar-refractivity contribution in [1.29, 1.82) is 0 Å². The Morgan fingerprint density at radius 3 is 2.93 bits per heavy atom. The van der Waals surface area contributed by atoms with Gasteiger partial charge < -0.3 is 5.73 Å². The molecule has 14 heavy (non-hydrogen) atoms. The van der Waals surface area contributed by atoms with Crippen LogP contribution in [0.25, 0.3) is 0 Å². The van der Waals surface area contributed by atoms with Gasteiger partial charge in [0.1, 0.15) is 0 Å². The van der Waals surface area contributed by atoms with Crippen LogP contribution in [0.2, 0.25) is 0 Å². The molecule has 1 aromatic rings. The molecule has 0 saturated heterocycles. The Balaban J connectivity index is 2.49. The molecular weight excluding hydrogens is 172 g/mol. The average Bonchev–Trinajstić information content (AvgIpc) is 2.17. The van der Waals surface area contributed by atoms with Gasteiger partial charge in [0.05, 0.1) is 5.69 Å². The Bertz CT molecular complexity index is 342. The van der Waals surface area contributed by atoms with Crippen LogP contribution < -0.4 is 5.73 Å². The molecule has 1 aliphatic rings. The summed E-state index contributed by atoms with van der Waals surface area (Å²) in [6.45, 7) is 5.10. The van der Waals surface area contributed by atoms with Crippen molar-refractivity contribution in [3.05, 3.63) is 29.1 Å². The van der Waals surface area contributed by atoms with Gasteiger partial charge in [-0.2, -0.15) is 0 Å². The Morgan fingerprint density at radius 1 is 1.43 bits per heavy atom. The predicted molar refractivity (Wildman–Crippen MR) is 58.1 cm³/mol. The lowest BCUT2D eigenvalue weighted by Crippen LogP contribution is -2.26. The van der Waals surface area contributed by atoms with Crippen molar-refractivity contribution in [3.63, 3.8) is 0 Å². The fourth-order valence-electron chi connectivity index (χ4n) is 2.27. The van der Waals surface area contributed by atoms with E-state index in [9.17, 15) is 0 Å². The molecule has 0 saturated carbocycles. The summed E-state index contributed by atoms with van der Waals surface area (Å²) in [5.41, 5.74) is 9.54. The van der Waals surface area contributed by atoms with Gasteiger partial charge in [-0.3, -0.25) is 4.98 Å². The number of nitrogens with two attached hydrogens (primary N) is 1. The van der Waals surface area contributed by atoms with Crippen molar-refractivity contribution in [2.45, 2.75) is 45.1 Å². The first-order valence-corrected chi connectivity index (χ1v) is 5.33. The third-order valence-corrected chi connectivity index (χ3v) is 3.13. The molecule has 0 fully saturated rings. The van der Waals surface area contributed by atoms with Crippen LogP contribution in [-0.4, -0.2) is 4.98 Å². The standard InChI is InChI=1S/C12H18N2/c1-12(2)7-3-4-9-5-6-10(8-13)14-11(9)12/h5-6H,3-4,7-8,13H2,1-2H3. The van der Waals surface area contributed by atoms with Crippen LogP contribution in [-0.2, 0) is 18.4 Å². The first kappa shape index (κ1) is 9.66. The summed E-state index contributed by atoms with van der Waals surface area (Å²) in [5.74, 6) is 0. The first-order valence-electron chi connectivity index (χ1n) is 5.33. The molecule has 0 amide bonds. The zero-order chi connectivity index (χ0) is 10.2. The van der Waals surface area contributed by atoms with Crippen LogP contribution in [0.1, 0.15) is 43.6 Å². The Morgan fingerprint density at radius 2 is 2.21 bits per heavy atom. The maximum atomic E-state index is 5.61. The van der Waals surface area contributed by atoms with Gasteiger partial charge in [-0.25, -0.2) is 0 Å². The van der Waals surface area contributed by atoms with E-state index in [1.54, 1.807) is 0 Å². The third kappa shape index (κ3) is 1.55. The number of rotatable bonds is 1. The van der Waals surface area contributed by atoms with Gasteiger partial charge in [-0.1, -0.05) is 19.9 Å². The van der Waals surface area contributed by atoms with Crippen LogP contribution in [0.5, 0.6) is 0 Å². The lowest BCUT2D eigenvalue weighted by molar-refractivity contribution is 0.416. The number of fused-ring (bicyclic) bond motifs is 1. The van der Waals surface area contributed by atoms with Gasteiger partial charge in [0.15, 0.2) is 0 Å². The van der Waals surface area contributed by atoms with Crippen LogP contribution in [0.3, 0.4) is 0 Å². The molecule has 1 aliphatic carbocycles. The molecule has 2 nitrogen and oxygen atoms in total. The van der Waals surface area contributed by atoms with E-state index in [4.69, 9.17) is 5.73 Å². The van der Waals surface area contributed by atoms with Crippen molar-refractivity contribution in [2.75, 3.05) is 0 Å². The number of hydrogen-bond acceptors (Lipinski definition) is 2. The summed E-state index contributed by atoms with van der Waals surface area (Å²) < 4.78 is 0. The Hall–Kier alpha value is -0.890. The topological polar surface area (TPSA) is 38.9 Å². The molecular formula is C12H18N2. The number of nitrogens with zero attached hydrogens (tertiary/aromatic N) is 1. The number of aromatic nitrogens is 1. The van der Waals surface area contributed by atoms with E-state index < -0.39 is 0 Å². The van der Waals surface area contributed by atoms with Gasteiger partial charge in [0, 0.05) is 17.7 Å². The molecule has 0 spiro atoms.